The van der Waals surface area contributed by atoms with Gasteiger partial charge in [-0.2, -0.15) is 25.3 Å². The first-order valence-corrected chi connectivity index (χ1v) is 19.8. The number of hydrogen-bond acceptors (Lipinski definition) is 9. The summed E-state index contributed by atoms with van der Waals surface area (Å²) in [6.07, 6.45) is 0. The molecule has 0 aromatic heterocycles. The maximum Gasteiger partial charge on any atom is 0.294 e. The summed E-state index contributed by atoms with van der Waals surface area (Å²) in [6.45, 7) is 0. The predicted octanol–water partition coefficient (Wildman–Crippen LogP) is 7.84. The highest BCUT2D eigenvalue weighted by molar-refractivity contribution is 7.86. The van der Waals surface area contributed by atoms with Crippen molar-refractivity contribution in [2.24, 2.45) is 0 Å². The highest BCUT2D eigenvalue weighted by Crippen LogP contribution is 2.35. The van der Waals surface area contributed by atoms with Crippen molar-refractivity contribution >= 4 is 64.5 Å². The van der Waals surface area contributed by atoms with E-state index in [4.69, 9.17) is 0 Å². The van der Waals surface area contributed by atoms with Gasteiger partial charge in [0.1, 0.15) is 0 Å². The number of rotatable bonds is 12. The molecule has 0 saturated carbocycles. The molecule has 0 aliphatic rings. The lowest BCUT2D eigenvalue weighted by atomic mass is 9.85. The molecular weight excluding hydrogens is 727 g/mol. The van der Waals surface area contributed by atoms with Gasteiger partial charge in [-0.25, -0.2) is 0 Å². The first kappa shape index (κ1) is 36.2. The number of anilines is 6. The van der Waals surface area contributed by atoms with E-state index in [9.17, 15) is 38.9 Å². The van der Waals surface area contributed by atoms with Crippen LogP contribution in [0.5, 0.6) is 0 Å². The van der Waals surface area contributed by atoms with Crippen molar-refractivity contribution < 1.29 is 38.9 Å². The molecule has 0 radical (unpaired) electrons. The van der Waals surface area contributed by atoms with Gasteiger partial charge in [0.05, 0.1) is 14.7 Å². The smallest absolute Gasteiger partial charge is 0.294 e. The summed E-state index contributed by atoms with van der Waals surface area (Å²) in [7, 11) is -13.0. The quantitative estimate of drug-likeness (QED) is 0.0523. The molecule has 6 rings (SSSR count). The molecule has 0 amide bonds. The Morgan fingerprint density at radius 3 is 0.942 bits per heavy atom. The predicted molar refractivity (Wildman–Crippen MR) is 199 cm³/mol. The van der Waals surface area contributed by atoms with Crippen LogP contribution in [0, 0.1) is 0 Å². The lowest BCUT2D eigenvalue weighted by molar-refractivity contribution is 0.481. The Bertz CT molecular complexity index is 2420. The van der Waals surface area contributed by atoms with Gasteiger partial charge in [0.25, 0.3) is 30.4 Å². The standard InChI is InChI=1S/C37H31N3O9S3/c41-50(42,43)34-21-19-31(20-22-34)38-28-13-7-25(8-14-28)37(26-9-15-29(16-10-26)39-32-3-1-5-35(23-32)51(44,45)46)27-11-17-30(18-12-27)40-33-4-2-6-36(24-33)52(47,48)49/h1-24,37-40H,(H,41,42,43)(H,44,45,46)(H,47,48,49). The zero-order valence-corrected chi connectivity index (χ0v) is 29.4. The van der Waals surface area contributed by atoms with E-state index in [2.05, 4.69) is 16.0 Å². The van der Waals surface area contributed by atoms with Gasteiger partial charge in [-0.15, -0.1) is 0 Å². The second kappa shape index (κ2) is 14.6. The number of benzene rings is 6. The molecule has 12 nitrogen and oxygen atoms in total. The van der Waals surface area contributed by atoms with Gasteiger partial charge in [-0.3, -0.25) is 13.7 Å². The van der Waals surface area contributed by atoms with Crippen LogP contribution in [0.15, 0.2) is 160 Å². The van der Waals surface area contributed by atoms with Crippen molar-refractivity contribution in [3.63, 3.8) is 0 Å². The van der Waals surface area contributed by atoms with Gasteiger partial charge in [0, 0.05) is 40.0 Å². The summed E-state index contributed by atoms with van der Waals surface area (Å²) in [5.74, 6) is -0.253. The van der Waals surface area contributed by atoms with Gasteiger partial charge in [0.15, 0.2) is 0 Å². The van der Waals surface area contributed by atoms with Crippen LogP contribution in [0.1, 0.15) is 22.6 Å². The molecule has 0 atom stereocenters. The molecule has 15 heteroatoms. The molecule has 52 heavy (non-hydrogen) atoms. The summed E-state index contributed by atoms with van der Waals surface area (Å²) >= 11 is 0. The Labute approximate surface area is 301 Å². The molecule has 0 aliphatic heterocycles. The minimum Gasteiger partial charge on any atom is -0.356 e. The minimum atomic E-state index is -4.37. The maximum absolute atomic E-state index is 11.6. The fraction of sp³-hybridized carbons (Fsp3) is 0.0270. The zero-order chi connectivity index (χ0) is 37.1. The van der Waals surface area contributed by atoms with E-state index in [-0.39, 0.29) is 20.6 Å². The summed E-state index contributed by atoms with van der Waals surface area (Å²) in [5.41, 5.74) is 6.46. The van der Waals surface area contributed by atoms with Crippen LogP contribution < -0.4 is 16.0 Å². The summed E-state index contributed by atoms with van der Waals surface area (Å²) < 4.78 is 97.4. The molecule has 0 fully saturated rings. The van der Waals surface area contributed by atoms with Crippen molar-refractivity contribution in [3.05, 3.63) is 162 Å². The maximum atomic E-state index is 11.6. The molecule has 0 bridgehead atoms. The monoisotopic (exact) mass is 757 g/mol. The van der Waals surface area contributed by atoms with Crippen LogP contribution in [0.25, 0.3) is 0 Å². The highest BCUT2D eigenvalue weighted by atomic mass is 32.2. The van der Waals surface area contributed by atoms with Crippen molar-refractivity contribution in [3.8, 4) is 0 Å². The Hall–Kier alpha value is -5.55. The van der Waals surface area contributed by atoms with Crippen LogP contribution in [0.3, 0.4) is 0 Å². The number of nitrogens with one attached hydrogen (secondary N) is 3. The molecular formula is C37H31N3O9S3. The Kier molecular flexibility index (Phi) is 10.2. The third-order valence-corrected chi connectivity index (χ3v) is 10.6. The number of hydrogen-bond donors (Lipinski definition) is 6. The van der Waals surface area contributed by atoms with Gasteiger partial charge in [0.2, 0.25) is 0 Å². The van der Waals surface area contributed by atoms with E-state index < -0.39 is 30.4 Å². The fourth-order valence-electron chi connectivity index (χ4n) is 5.53. The Balaban J connectivity index is 1.28. The van der Waals surface area contributed by atoms with Gasteiger partial charge >= 0.3 is 0 Å². The van der Waals surface area contributed by atoms with Crippen LogP contribution in [0.4, 0.5) is 34.1 Å². The minimum absolute atomic E-state index is 0.211. The molecule has 0 saturated heterocycles. The Morgan fingerprint density at radius 2 is 0.635 bits per heavy atom. The van der Waals surface area contributed by atoms with Crippen molar-refractivity contribution in [1.29, 1.82) is 0 Å². The van der Waals surface area contributed by atoms with E-state index in [1.54, 1.807) is 24.3 Å². The second-order valence-corrected chi connectivity index (χ2v) is 15.9. The van der Waals surface area contributed by atoms with Gasteiger partial charge in [-0.1, -0.05) is 48.5 Å². The van der Waals surface area contributed by atoms with Crippen molar-refractivity contribution in [1.82, 2.24) is 0 Å². The zero-order valence-electron chi connectivity index (χ0n) is 26.9. The average Bonchev–Trinajstić information content (AvgIpc) is 3.10. The van der Waals surface area contributed by atoms with Crippen LogP contribution >= 0.6 is 0 Å². The topological polar surface area (TPSA) is 199 Å². The largest absolute Gasteiger partial charge is 0.356 e. The molecule has 6 aromatic rings. The SMILES string of the molecule is O=S(=O)(O)c1ccc(Nc2ccc(C(c3ccc(Nc4cccc(S(=O)(=O)O)c4)cc3)c3ccc(Nc4cccc(S(=O)(=O)O)c4)cc3)cc2)cc1. The first-order valence-electron chi connectivity index (χ1n) is 15.5. The van der Waals surface area contributed by atoms with Crippen molar-refractivity contribution in [2.45, 2.75) is 20.6 Å². The molecule has 0 aliphatic carbocycles. The normalized spacial score (nSPS) is 12.0. The van der Waals surface area contributed by atoms with E-state index in [0.717, 1.165) is 22.4 Å². The van der Waals surface area contributed by atoms with Gasteiger partial charge < -0.3 is 16.0 Å². The van der Waals surface area contributed by atoms with E-state index in [1.807, 2.05) is 72.8 Å². The molecule has 0 spiro atoms. The van der Waals surface area contributed by atoms with Gasteiger partial charge in [-0.05, 0) is 114 Å². The first-order chi connectivity index (χ1) is 24.6. The Morgan fingerprint density at radius 1 is 0.346 bits per heavy atom. The lowest BCUT2D eigenvalue weighted by Crippen LogP contribution is -2.05. The van der Waals surface area contributed by atoms with E-state index >= 15 is 0 Å². The highest BCUT2D eigenvalue weighted by Gasteiger charge is 2.18. The van der Waals surface area contributed by atoms with Crippen LogP contribution in [0.2, 0.25) is 0 Å². The molecule has 6 N–H and O–H groups in total. The summed E-state index contributed by atoms with van der Waals surface area (Å²) in [6, 6.07) is 40.2. The average molecular weight is 758 g/mol. The third-order valence-electron chi connectivity index (χ3n) is 8.01. The van der Waals surface area contributed by atoms with Crippen LogP contribution in [-0.2, 0) is 30.4 Å². The molecule has 6 aromatic carbocycles. The second-order valence-electron chi connectivity index (χ2n) is 11.7. The van der Waals surface area contributed by atoms with E-state index in [0.29, 0.717) is 28.4 Å². The third kappa shape index (κ3) is 9.02. The molecule has 0 unspecified atom stereocenters. The summed E-state index contributed by atoms with van der Waals surface area (Å²) in [5, 5.41) is 9.53. The summed E-state index contributed by atoms with van der Waals surface area (Å²) in [4.78, 5) is -0.672. The van der Waals surface area contributed by atoms with Crippen LogP contribution in [-0.4, -0.2) is 38.9 Å². The van der Waals surface area contributed by atoms with Crippen molar-refractivity contribution in [2.75, 3.05) is 16.0 Å². The molecule has 266 valence electrons. The van der Waals surface area contributed by atoms with E-state index in [1.165, 1.54) is 48.5 Å². The molecule has 0 heterocycles. The fourth-order valence-corrected chi connectivity index (χ4v) is 7.07. The lowest BCUT2D eigenvalue weighted by Gasteiger charge is -2.21.